The quantitative estimate of drug-likeness (QED) is 0.866. The molecule has 0 spiro atoms. The number of aromatic nitrogens is 2. The maximum absolute atomic E-state index is 12.2. The molecule has 1 aromatic heterocycles. The van der Waals surface area contributed by atoms with Gasteiger partial charge in [0.1, 0.15) is 17.4 Å². The van der Waals surface area contributed by atoms with Crippen LogP contribution in [0.2, 0.25) is 0 Å². The summed E-state index contributed by atoms with van der Waals surface area (Å²) in [5.74, 6) is 0.834. The van der Waals surface area contributed by atoms with Crippen LogP contribution in [0.5, 0.6) is 5.75 Å². The van der Waals surface area contributed by atoms with Crippen molar-refractivity contribution in [2.24, 2.45) is 0 Å². The van der Waals surface area contributed by atoms with Crippen LogP contribution < -0.4 is 10.1 Å². The third-order valence-electron chi connectivity index (χ3n) is 3.73. The van der Waals surface area contributed by atoms with Crippen LogP contribution >= 0.6 is 11.3 Å². The fraction of sp³-hybridized carbons (Fsp3) is 0.471. The van der Waals surface area contributed by atoms with E-state index in [4.69, 9.17) is 9.47 Å². The van der Waals surface area contributed by atoms with Crippen molar-refractivity contribution < 1.29 is 14.3 Å². The maximum Gasteiger partial charge on any atom is 0.257 e. The lowest BCUT2D eigenvalue weighted by molar-refractivity contribution is 0.0679. The number of benzene rings is 1. The van der Waals surface area contributed by atoms with Crippen molar-refractivity contribution in [2.45, 2.75) is 38.7 Å². The van der Waals surface area contributed by atoms with Crippen LogP contribution in [0, 0.1) is 0 Å². The van der Waals surface area contributed by atoms with E-state index in [0.717, 1.165) is 30.2 Å². The van der Waals surface area contributed by atoms with Crippen molar-refractivity contribution in [2.75, 3.05) is 18.5 Å². The lowest BCUT2D eigenvalue weighted by Crippen LogP contribution is -2.16. The first-order valence-electron chi connectivity index (χ1n) is 8.11. The lowest BCUT2D eigenvalue weighted by Gasteiger charge is -2.11. The molecule has 128 valence electrons. The Morgan fingerprint density at radius 2 is 2.17 bits per heavy atom. The van der Waals surface area contributed by atoms with Gasteiger partial charge in [-0.1, -0.05) is 25.2 Å². The first kappa shape index (κ1) is 16.9. The Kier molecular flexibility index (Phi) is 5.42. The van der Waals surface area contributed by atoms with Gasteiger partial charge in [0.25, 0.3) is 5.91 Å². The number of amides is 1. The normalized spacial score (nSPS) is 17.2. The van der Waals surface area contributed by atoms with Gasteiger partial charge < -0.3 is 9.47 Å². The Hall–Kier alpha value is -1.99. The molecule has 0 bridgehead atoms. The topological polar surface area (TPSA) is 73.3 Å². The summed E-state index contributed by atoms with van der Waals surface area (Å²) in [6.45, 7) is 5.45. The van der Waals surface area contributed by atoms with Crippen LogP contribution in [0.15, 0.2) is 24.3 Å². The van der Waals surface area contributed by atoms with E-state index in [0.29, 0.717) is 23.2 Å². The van der Waals surface area contributed by atoms with Gasteiger partial charge in [-0.2, -0.15) is 0 Å². The van der Waals surface area contributed by atoms with Crippen molar-refractivity contribution >= 4 is 22.4 Å². The SMILES string of the molecule is CC(C)c1nnc(NC(=O)c2ccc(OCC3CCCO3)cc2)s1. The van der Waals surface area contributed by atoms with E-state index < -0.39 is 0 Å². The summed E-state index contributed by atoms with van der Waals surface area (Å²) in [6, 6.07) is 7.07. The van der Waals surface area contributed by atoms with E-state index in [2.05, 4.69) is 15.5 Å². The Balaban J connectivity index is 1.54. The summed E-state index contributed by atoms with van der Waals surface area (Å²) in [6.07, 6.45) is 2.32. The van der Waals surface area contributed by atoms with Crippen LogP contribution in [0.3, 0.4) is 0 Å². The van der Waals surface area contributed by atoms with Gasteiger partial charge in [0.15, 0.2) is 0 Å². The highest BCUT2D eigenvalue weighted by Crippen LogP contribution is 2.23. The maximum atomic E-state index is 12.2. The zero-order valence-corrected chi connectivity index (χ0v) is 14.6. The van der Waals surface area contributed by atoms with Crippen molar-refractivity contribution in [3.63, 3.8) is 0 Å². The smallest absolute Gasteiger partial charge is 0.257 e. The minimum atomic E-state index is -0.202. The van der Waals surface area contributed by atoms with Gasteiger partial charge in [-0.15, -0.1) is 10.2 Å². The van der Waals surface area contributed by atoms with E-state index in [1.165, 1.54) is 11.3 Å². The molecule has 3 rings (SSSR count). The summed E-state index contributed by atoms with van der Waals surface area (Å²) in [7, 11) is 0. The molecule has 1 aliphatic heterocycles. The molecule has 1 N–H and O–H groups in total. The summed E-state index contributed by atoms with van der Waals surface area (Å²) < 4.78 is 11.2. The number of nitrogens with one attached hydrogen (secondary N) is 1. The molecule has 1 atom stereocenters. The van der Waals surface area contributed by atoms with Crippen LogP contribution in [0.1, 0.15) is 48.0 Å². The van der Waals surface area contributed by atoms with Crippen molar-refractivity contribution in [3.8, 4) is 5.75 Å². The second kappa shape index (κ2) is 7.72. The first-order chi connectivity index (χ1) is 11.6. The number of carbonyl (C=O) groups excluding carboxylic acids is 1. The predicted octanol–water partition coefficient (Wildman–Crippen LogP) is 3.47. The average molecular weight is 347 g/mol. The molecule has 2 aromatic rings. The van der Waals surface area contributed by atoms with Gasteiger partial charge in [0.05, 0.1) is 6.10 Å². The number of nitrogens with zero attached hydrogens (tertiary/aromatic N) is 2. The van der Waals surface area contributed by atoms with E-state index in [9.17, 15) is 4.79 Å². The predicted molar refractivity (Wildman–Crippen MR) is 92.9 cm³/mol. The highest BCUT2D eigenvalue weighted by molar-refractivity contribution is 7.15. The Labute approximate surface area is 145 Å². The fourth-order valence-corrected chi connectivity index (χ4v) is 3.10. The van der Waals surface area contributed by atoms with Crippen molar-refractivity contribution in [1.29, 1.82) is 0 Å². The van der Waals surface area contributed by atoms with Crippen molar-refractivity contribution in [1.82, 2.24) is 10.2 Å². The van der Waals surface area contributed by atoms with Gasteiger partial charge >= 0.3 is 0 Å². The number of ether oxygens (including phenoxy) is 2. The fourth-order valence-electron chi connectivity index (χ4n) is 2.36. The number of hydrogen-bond donors (Lipinski definition) is 1. The van der Waals surface area contributed by atoms with E-state index in [-0.39, 0.29) is 12.0 Å². The van der Waals surface area contributed by atoms with Crippen LogP contribution in [0.25, 0.3) is 0 Å². The molecule has 0 radical (unpaired) electrons. The average Bonchev–Trinajstić information content (AvgIpc) is 3.25. The molecule has 6 nitrogen and oxygen atoms in total. The molecule has 7 heteroatoms. The summed E-state index contributed by atoms with van der Waals surface area (Å²) in [4.78, 5) is 12.2. The second-order valence-corrected chi connectivity index (χ2v) is 7.03. The van der Waals surface area contributed by atoms with Crippen LogP contribution in [-0.2, 0) is 4.74 Å². The minimum absolute atomic E-state index is 0.181. The van der Waals surface area contributed by atoms with Crippen LogP contribution in [0.4, 0.5) is 5.13 Å². The molecular formula is C17H21N3O3S. The van der Waals surface area contributed by atoms with E-state index >= 15 is 0 Å². The second-order valence-electron chi connectivity index (χ2n) is 6.02. The van der Waals surface area contributed by atoms with Gasteiger partial charge in [-0.25, -0.2) is 0 Å². The molecule has 1 amide bonds. The summed E-state index contributed by atoms with van der Waals surface area (Å²) in [5, 5.41) is 12.2. The lowest BCUT2D eigenvalue weighted by atomic mass is 10.2. The Morgan fingerprint density at radius 1 is 1.38 bits per heavy atom. The highest BCUT2D eigenvalue weighted by atomic mass is 32.1. The first-order valence-corrected chi connectivity index (χ1v) is 8.92. The zero-order valence-electron chi connectivity index (χ0n) is 13.8. The zero-order chi connectivity index (χ0) is 16.9. The summed E-state index contributed by atoms with van der Waals surface area (Å²) in [5.41, 5.74) is 0.556. The number of rotatable bonds is 6. The molecule has 0 aliphatic carbocycles. The Bertz CT molecular complexity index is 679. The molecule has 24 heavy (non-hydrogen) atoms. The van der Waals surface area contributed by atoms with Gasteiger partial charge in [0, 0.05) is 18.1 Å². The third-order valence-corrected chi connectivity index (χ3v) is 4.87. The minimum Gasteiger partial charge on any atom is -0.491 e. The largest absolute Gasteiger partial charge is 0.491 e. The van der Waals surface area contributed by atoms with Crippen LogP contribution in [-0.4, -0.2) is 35.4 Å². The van der Waals surface area contributed by atoms with E-state index in [1.807, 2.05) is 13.8 Å². The van der Waals surface area contributed by atoms with Gasteiger partial charge in [-0.3, -0.25) is 10.1 Å². The molecule has 1 fully saturated rings. The molecule has 0 saturated carbocycles. The molecule has 1 aromatic carbocycles. The standard InChI is InChI=1S/C17H21N3O3S/c1-11(2)16-19-20-17(24-16)18-15(21)12-5-7-13(8-6-12)23-10-14-4-3-9-22-14/h5-8,11,14H,3-4,9-10H2,1-2H3,(H,18,20,21). The number of carbonyl (C=O) groups is 1. The van der Waals surface area contributed by atoms with Gasteiger partial charge in [-0.05, 0) is 37.1 Å². The number of hydrogen-bond acceptors (Lipinski definition) is 6. The third kappa shape index (κ3) is 4.30. The molecular weight excluding hydrogens is 326 g/mol. The molecule has 2 heterocycles. The molecule has 1 unspecified atom stereocenters. The van der Waals surface area contributed by atoms with Gasteiger partial charge in [0.2, 0.25) is 5.13 Å². The molecule has 1 saturated heterocycles. The number of anilines is 1. The van der Waals surface area contributed by atoms with E-state index in [1.54, 1.807) is 24.3 Å². The Morgan fingerprint density at radius 3 is 2.79 bits per heavy atom. The highest BCUT2D eigenvalue weighted by Gasteiger charge is 2.16. The van der Waals surface area contributed by atoms with Crippen molar-refractivity contribution in [3.05, 3.63) is 34.8 Å². The summed E-state index contributed by atoms with van der Waals surface area (Å²) >= 11 is 1.40. The molecule has 1 aliphatic rings. The monoisotopic (exact) mass is 347 g/mol.